The number of Topliss-reactive ketones (excluding diaryl/α,β-unsaturated/α-hetero) is 1. The molecule has 0 aromatic heterocycles. The van der Waals surface area contributed by atoms with E-state index in [1.807, 2.05) is 6.92 Å². The first-order valence-corrected chi connectivity index (χ1v) is 10.0. The number of esters is 1. The van der Waals surface area contributed by atoms with Crippen LogP contribution in [0, 0.1) is 17.3 Å². The van der Waals surface area contributed by atoms with Gasteiger partial charge in [-0.1, -0.05) is 12.2 Å². The van der Waals surface area contributed by atoms with Gasteiger partial charge in [-0.15, -0.1) is 0 Å². The van der Waals surface area contributed by atoms with Crippen molar-refractivity contribution < 1.29 is 19.4 Å². The Morgan fingerprint density at radius 1 is 1.42 bits per heavy atom. The predicted octanol–water partition coefficient (Wildman–Crippen LogP) is 2.72. The third-order valence-electron chi connectivity index (χ3n) is 7.11. The van der Waals surface area contributed by atoms with E-state index < -0.39 is 16.9 Å². The van der Waals surface area contributed by atoms with Crippen molar-refractivity contribution in [2.75, 3.05) is 19.7 Å². The molecule has 4 atom stereocenters. The van der Waals surface area contributed by atoms with Crippen LogP contribution in [0.25, 0.3) is 0 Å². The molecule has 1 N–H and O–H groups in total. The van der Waals surface area contributed by atoms with Crippen LogP contribution in [0.1, 0.15) is 59.3 Å². The molecule has 0 amide bonds. The van der Waals surface area contributed by atoms with Crippen molar-refractivity contribution in [1.29, 1.82) is 0 Å². The van der Waals surface area contributed by atoms with Gasteiger partial charge in [0, 0.05) is 30.3 Å². The van der Waals surface area contributed by atoms with Crippen molar-refractivity contribution in [3.8, 4) is 0 Å². The number of carbonyl (C=O) groups excluding carboxylic acids is 2. The summed E-state index contributed by atoms with van der Waals surface area (Å²) in [5.74, 6) is -0.00192. The Bertz CT molecular complexity index is 599. The minimum Gasteiger partial charge on any atom is -0.466 e. The molecule has 0 aromatic carbocycles. The summed E-state index contributed by atoms with van der Waals surface area (Å²) in [6, 6.07) is -0.0497. The van der Waals surface area contributed by atoms with Crippen LogP contribution in [0.3, 0.4) is 0 Å². The molecule has 1 unspecified atom stereocenters. The van der Waals surface area contributed by atoms with Crippen LogP contribution in [0.4, 0.5) is 0 Å². The molecular weight excluding hydrogens is 330 g/mol. The van der Waals surface area contributed by atoms with E-state index in [2.05, 4.69) is 18.4 Å². The number of ketones is 1. The Hall–Kier alpha value is -1.20. The lowest BCUT2D eigenvalue weighted by Crippen LogP contribution is -2.69. The summed E-state index contributed by atoms with van der Waals surface area (Å²) in [6.45, 7) is 12.2. The highest BCUT2D eigenvalue weighted by Crippen LogP contribution is 2.57. The molecule has 0 radical (unpaired) electrons. The van der Waals surface area contributed by atoms with Crippen LogP contribution < -0.4 is 0 Å². The van der Waals surface area contributed by atoms with Crippen LogP contribution in [-0.2, 0) is 14.3 Å². The molecular formula is C21H33NO4. The maximum atomic E-state index is 12.8. The zero-order valence-electron chi connectivity index (χ0n) is 16.4. The van der Waals surface area contributed by atoms with Crippen molar-refractivity contribution in [2.24, 2.45) is 17.3 Å². The summed E-state index contributed by atoms with van der Waals surface area (Å²) < 4.78 is 5.04. The van der Waals surface area contributed by atoms with Gasteiger partial charge in [0.15, 0.2) is 0 Å². The number of carbonyl (C=O) groups is 2. The molecule has 1 aliphatic heterocycles. The van der Waals surface area contributed by atoms with E-state index in [4.69, 9.17) is 4.74 Å². The van der Waals surface area contributed by atoms with Crippen LogP contribution in [0.5, 0.6) is 0 Å². The van der Waals surface area contributed by atoms with Crippen molar-refractivity contribution in [2.45, 2.75) is 70.9 Å². The minimum absolute atomic E-state index is 0.0497. The van der Waals surface area contributed by atoms with Crippen LogP contribution in [-0.4, -0.2) is 53.1 Å². The molecule has 146 valence electrons. The number of hydrogen-bond donors (Lipinski definition) is 1. The van der Waals surface area contributed by atoms with Gasteiger partial charge in [0.05, 0.1) is 18.6 Å². The van der Waals surface area contributed by atoms with E-state index in [0.717, 1.165) is 31.0 Å². The number of aliphatic hydroxyl groups is 1. The first-order valence-electron chi connectivity index (χ1n) is 10.0. The van der Waals surface area contributed by atoms with Gasteiger partial charge in [-0.2, -0.15) is 0 Å². The Kier molecular flexibility index (Phi) is 5.33. The fourth-order valence-corrected chi connectivity index (χ4v) is 5.21. The lowest BCUT2D eigenvalue weighted by atomic mass is 9.51. The lowest BCUT2D eigenvalue weighted by molar-refractivity contribution is -0.190. The molecule has 3 fully saturated rings. The summed E-state index contributed by atoms with van der Waals surface area (Å²) in [4.78, 5) is 27.2. The number of rotatable bonds is 6. The highest BCUT2D eigenvalue weighted by molar-refractivity contribution is 5.87. The highest BCUT2D eigenvalue weighted by Gasteiger charge is 2.62. The average Bonchev–Trinajstić information content (AvgIpc) is 3.37. The van der Waals surface area contributed by atoms with Gasteiger partial charge in [0.25, 0.3) is 0 Å². The minimum atomic E-state index is -1.03. The van der Waals surface area contributed by atoms with E-state index in [0.29, 0.717) is 13.0 Å². The Morgan fingerprint density at radius 2 is 2.12 bits per heavy atom. The Balaban J connectivity index is 1.86. The number of nitrogens with zero attached hydrogens (tertiary/aromatic N) is 1. The van der Waals surface area contributed by atoms with E-state index in [1.54, 1.807) is 6.92 Å². The standard InChI is InChI=1S/C21H33NO4/c1-5-26-19(24)10-17-11-21(25)15(4)22(13-16-6-7-16)9-8-20(21,14(2)3)12-18(17)23/h15-17,25H,2,5-13H2,1,3-4H3/t15-,17?,20-,21-/m1/s1. The summed E-state index contributed by atoms with van der Waals surface area (Å²) in [5, 5.41) is 11.9. The molecule has 0 spiro atoms. The van der Waals surface area contributed by atoms with Gasteiger partial charge in [0.2, 0.25) is 0 Å². The Morgan fingerprint density at radius 3 is 2.69 bits per heavy atom. The summed E-state index contributed by atoms with van der Waals surface area (Å²) >= 11 is 0. The first-order chi connectivity index (χ1) is 12.2. The van der Waals surface area contributed by atoms with Gasteiger partial charge in [-0.25, -0.2) is 0 Å². The highest BCUT2D eigenvalue weighted by atomic mass is 16.5. The molecule has 1 heterocycles. The monoisotopic (exact) mass is 363 g/mol. The fourth-order valence-electron chi connectivity index (χ4n) is 5.21. The van der Waals surface area contributed by atoms with Gasteiger partial charge in [0.1, 0.15) is 5.78 Å². The quantitative estimate of drug-likeness (QED) is 0.581. The lowest BCUT2D eigenvalue weighted by Gasteiger charge is -2.61. The van der Waals surface area contributed by atoms with Crippen molar-refractivity contribution in [1.82, 2.24) is 4.90 Å². The van der Waals surface area contributed by atoms with Gasteiger partial charge in [-0.05, 0) is 58.9 Å². The van der Waals surface area contributed by atoms with E-state index in [9.17, 15) is 14.7 Å². The van der Waals surface area contributed by atoms with Crippen LogP contribution in [0.15, 0.2) is 12.2 Å². The molecule has 1 saturated heterocycles. The second-order valence-electron chi connectivity index (χ2n) is 8.70. The van der Waals surface area contributed by atoms with E-state index >= 15 is 0 Å². The summed E-state index contributed by atoms with van der Waals surface area (Å²) in [6.07, 6.45) is 3.98. The van der Waals surface area contributed by atoms with Gasteiger partial charge < -0.3 is 9.84 Å². The van der Waals surface area contributed by atoms with Gasteiger partial charge >= 0.3 is 5.97 Å². The number of hydrogen-bond acceptors (Lipinski definition) is 5. The molecule has 5 nitrogen and oxygen atoms in total. The van der Waals surface area contributed by atoms with Crippen LogP contribution >= 0.6 is 0 Å². The first kappa shape index (κ1) is 19.6. The maximum Gasteiger partial charge on any atom is 0.306 e. The molecule has 0 bridgehead atoms. The second kappa shape index (κ2) is 7.08. The average molecular weight is 363 g/mol. The van der Waals surface area contributed by atoms with E-state index in [-0.39, 0.29) is 30.6 Å². The molecule has 2 saturated carbocycles. The van der Waals surface area contributed by atoms with Crippen molar-refractivity contribution >= 4 is 11.8 Å². The third-order valence-corrected chi connectivity index (χ3v) is 7.11. The maximum absolute atomic E-state index is 12.8. The van der Waals surface area contributed by atoms with Gasteiger partial charge in [-0.3, -0.25) is 14.5 Å². The molecule has 3 rings (SSSR count). The van der Waals surface area contributed by atoms with Crippen LogP contribution in [0.2, 0.25) is 0 Å². The number of fused-ring (bicyclic) bond motifs is 1. The fraction of sp³-hybridized carbons (Fsp3) is 0.810. The largest absolute Gasteiger partial charge is 0.466 e. The summed E-state index contributed by atoms with van der Waals surface area (Å²) in [7, 11) is 0. The SMILES string of the molecule is C=C(C)[C@]12CCN(CC3CC3)[C@H](C)[C@]1(O)CC(CC(=O)OCC)C(=O)C2. The zero-order valence-corrected chi connectivity index (χ0v) is 16.4. The van der Waals surface area contributed by atoms with E-state index in [1.165, 1.54) is 12.8 Å². The molecule has 0 aromatic rings. The second-order valence-corrected chi connectivity index (χ2v) is 8.70. The summed E-state index contributed by atoms with van der Waals surface area (Å²) in [5.41, 5.74) is -0.716. The topological polar surface area (TPSA) is 66.8 Å². The predicted molar refractivity (Wildman–Crippen MR) is 99.6 cm³/mol. The molecule has 5 heteroatoms. The van der Waals surface area contributed by atoms with Crippen molar-refractivity contribution in [3.05, 3.63) is 12.2 Å². The zero-order chi connectivity index (χ0) is 19.1. The normalized spacial score (nSPS) is 37.9. The number of piperidine rings is 1. The van der Waals surface area contributed by atoms with Crippen molar-refractivity contribution in [3.63, 3.8) is 0 Å². The number of ether oxygens (including phenoxy) is 1. The molecule has 3 aliphatic rings. The Labute approximate surface area is 156 Å². The smallest absolute Gasteiger partial charge is 0.306 e. The molecule has 26 heavy (non-hydrogen) atoms. The number of likely N-dealkylation sites (tertiary alicyclic amines) is 1. The third kappa shape index (κ3) is 3.24. The molecule has 2 aliphatic carbocycles.